The Morgan fingerprint density at radius 3 is 2.26 bits per heavy atom. The van der Waals surface area contributed by atoms with Gasteiger partial charge in [-0.2, -0.15) is 21.7 Å². The quantitative estimate of drug-likeness (QED) is 0.0342. The zero-order chi connectivity index (χ0) is 40.4. The lowest BCUT2D eigenvalue weighted by atomic mass is 10.0. The molecule has 0 saturated carbocycles. The Balaban J connectivity index is 0.921. The van der Waals surface area contributed by atoms with Crippen LogP contribution in [-0.4, -0.2) is 142 Å². The number of imidazole rings is 2. The van der Waals surface area contributed by atoms with Crippen LogP contribution < -0.4 is 33.2 Å². The summed E-state index contributed by atoms with van der Waals surface area (Å²) in [4.78, 5) is 71.2. The van der Waals surface area contributed by atoms with E-state index >= 15 is 0 Å². The number of aliphatic hydroxyl groups excluding tert-OH is 3. The van der Waals surface area contributed by atoms with Crippen LogP contribution in [0.2, 0.25) is 0 Å². The molecule has 4 fully saturated rings. The topological polar surface area (TPSA) is 356 Å². The molecular formula is C32H39N15O10S. The van der Waals surface area contributed by atoms with Crippen molar-refractivity contribution in [2.24, 2.45) is 0 Å². The molecule has 11 atom stereocenters. The molecule has 0 radical (unpaired) electrons. The number of nitrogens with two attached hydrogens (primary N) is 2. The zero-order valence-corrected chi connectivity index (χ0v) is 31.1. The molecule has 0 spiro atoms. The van der Waals surface area contributed by atoms with E-state index in [2.05, 4.69) is 50.8 Å². The molecule has 4 aliphatic heterocycles. The molecule has 26 heteroatoms. The van der Waals surface area contributed by atoms with Gasteiger partial charge in [-0.25, -0.2) is 19.4 Å². The van der Waals surface area contributed by atoms with Gasteiger partial charge in [-0.15, -0.1) is 5.10 Å². The van der Waals surface area contributed by atoms with Gasteiger partial charge in [-0.3, -0.25) is 33.5 Å². The second kappa shape index (κ2) is 14.9. The van der Waals surface area contributed by atoms with Gasteiger partial charge < -0.3 is 51.6 Å². The highest BCUT2D eigenvalue weighted by Crippen LogP contribution is 2.39. The predicted molar refractivity (Wildman–Crippen MR) is 199 cm³/mol. The minimum atomic E-state index is -1.46. The van der Waals surface area contributed by atoms with Crippen molar-refractivity contribution in [3.8, 4) is 0 Å². The number of unbranched alkanes of at least 4 members (excludes halogenated alkanes) is 1. The van der Waals surface area contributed by atoms with Gasteiger partial charge >= 0.3 is 12.0 Å². The number of carbonyl (C=O) groups excluding carboxylic acids is 2. The number of nitrogen functional groups attached to an aromatic ring is 2. The van der Waals surface area contributed by atoms with E-state index in [1.54, 1.807) is 11.8 Å². The number of hydrogen-bond acceptors (Lipinski definition) is 19. The lowest BCUT2D eigenvalue weighted by molar-refractivity contribution is -0.155. The Morgan fingerprint density at radius 2 is 1.59 bits per heavy atom. The third-order valence-corrected chi connectivity index (χ3v) is 12.4. The van der Waals surface area contributed by atoms with Gasteiger partial charge in [0.2, 0.25) is 11.9 Å². The molecule has 9 heterocycles. The van der Waals surface area contributed by atoms with Crippen molar-refractivity contribution >= 4 is 58.0 Å². The van der Waals surface area contributed by atoms with Crippen LogP contribution >= 0.6 is 11.8 Å². The Kier molecular flexibility index (Phi) is 9.75. The molecule has 4 aliphatic rings. The summed E-state index contributed by atoms with van der Waals surface area (Å²) in [6, 6.07) is -1.000. The summed E-state index contributed by atoms with van der Waals surface area (Å²) in [7, 11) is 0. The predicted octanol–water partition coefficient (Wildman–Crippen LogP) is -3.06. The van der Waals surface area contributed by atoms with Gasteiger partial charge in [0.15, 0.2) is 40.9 Å². The summed E-state index contributed by atoms with van der Waals surface area (Å²) in [5.41, 5.74) is 10.7. The van der Waals surface area contributed by atoms with Crippen molar-refractivity contribution in [1.82, 2.24) is 64.7 Å². The number of hydrogen-bond donors (Lipinski definition) is 9. The van der Waals surface area contributed by atoms with Crippen molar-refractivity contribution in [3.05, 3.63) is 45.3 Å². The number of H-pyrrole nitrogens is 2. The smallest absolute Gasteiger partial charge is 0.315 e. The second-order valence-corrected chi connectivity index (χ2v) is 15.8. The fourth-order valence-corrected chi connectivity index (χ4v) is 9.73. The van der Waals surface area contributed by atoms with Crippen molar-refractivity contribution in [1.29, 1.82) is 0 Å². The number of urea groups is 1. The lowest BCUT2D eigenvalue weighted by Gasteiger charge is -2.21. The fourth-order valence-electron chi connectivity index (χ4n) is 8.18. The summed E-state index contributed by atoms with van der Waals surface area (Å²) >= 11 is 1.78. The number of anilines is 2. The molecule has 0 aliphatic carbocycles. The Morgan fingerprint density at radius 1 is 0.931 bits per heavy atom. The number of nitrogens with zero attached hydrogens (tertiary/aromatic N) is 9. The number of rotatable bonds is 12. The van der Waals surface area contributed by atoms with E-state index in [9.17, 15) is 34.5 Å². The van der Waals surface area contributed by atoms with Crippen LogP contribution in [0, 0.1) is 0 Å². The summed E-state index contributed by atoms with van der Waals surface area (Å²) in [6.45, 7) is -0.525. The van der Waals surface area contributed by atoms with Crippen LogP contribution in [0.1, 0.15) is 49.9 Å². The lowest BCUT2D eigenvalue weighted by Crippen LogP contribution is -2.37. The minimum Gasteiger partial charge on any atom is -0.457 e. The molecule has 308 valence electrons. The van der Waals surface area contributed by atoms with E-state index in [1.807, 2.05) is 0 Å². The van der Waals surface area contributed by atoms with E-state index in [4.69, 9.17) is 25.7 Å². The van der Waals surface area contributed by atoms with E-state index in [-0.39, 0.29) is 70.4 Å². The van der Waals surface area contributed by atoms with Gasteiger partial charge in [0.05, 0.1) is 37.0 Å². The summed E-state index contributed by atoms with van der Waals surface area (Å²) in [5.74, 6) is -0.0963. The molecule has 5 aromatic rings. The van der Waals surface area contributed by atoms with Crippen molar-refractivity contribution in [3.63, 3.8) is 0 Å². The van der Waals surface area contributed by atoms with Crippen LogP contribution in [0.4, 0.5) is 16.7 Å². The number of aromatic nitrogens is 11. The number of aromatic amines is 2. The number of fused-ring (bicyclic) bond motifs is 3. The number of carbonyl (C=O) groups is 2. The van der Waals surface area contributed by atoms with Crippen LogP contribution in [0.15, 0.2) is 28.4 Å². The molecule has 5 aromatic heterocycles. The van der Waals surface area contributed by atoms with Crippen LogP contribution in [-0.2, 0) is 25.4 Å². The highest BCUT2D eigenvalue weighted by Gasteiger charge is 2.50. The Bertz CT molecular complexity index is 2490. The van der Waals surface area contributed by atoms with Crippen LogP contribution in [0.3, 0.4) is 0 Å². The standard InChI is InChI=1S/C32H39N15O10S/c33-30-39-24-18(26(52)41-30)35-9-45(24)28-21(50)20(14(7-48)56-28)47-6-11(43-44-47)5-13-23(22(51)29(55-13)46-10-36-19-25(46)40-31(34)42-27(19)53)57-16(49)4-2-1-3-15-17-12(8-58-15)37-32(54)38-17/h6,9-10,12-15,17,20-23,28-29,48,50-51H,1-5,7-8H2,(H2,37,38,54)(H3,33,39,41,52)(H3,34,40,42,53)/t12-,13+,14+,15-,17-,20+,21+,22+,23+,28+,29+/m0/s1. The maximum Gasteiger partial charge on any atom is 0.315 e. The SMILES string of the molecule is Nc1nc2c(ncn2[C@@H]2O[C@H](Cc3cn([C@H]4[C@@H](O)[C@H](n5cnc6c(=O)[nH]c(N)nc65)O[C@@H]4CO)nn3)[C@@H](OC(=O)CCCC[C@@H]3SC[C@@H]4NC(=O)N[C@@H]43)[C@H]2O)c(=O)[nH]1. The first kappa shape index (κ1) is 37.9. The number of ether oxygens (including phenoxy) is 3. The molecule has 0 aromatic carbocycles. The molecule has 0 bridgehead atoms. The molecule has 25 nitrogen and oxygen atoms in total. The first-order valence-corrected chi connectivity index (χ1v) is 19.5. The first-order valence-electron chi connectivity index (χ1n) is 18.5. The highest BCUT2D eigenvalue weighted by atomic mass is 32.2. The Hall–Kier alpha value is -5.67. The molecule has 9 rings (SSSR count). The minimum absolute atomic E-state index is 0.0293. The van der Waals surface area contributed by atoms with Crippen molar-refractivity contribution < 1.29 is 39.1 Å². The molecule has 58 heavy (non-hydrogen) atoms. The average molecular weight is 826 g/mol. The van der Waals surface area contributed by atoms with Crippen molar-refractivity contribution in [2.45, 2.75) is 98.5 Å². The van der Waals surface area contributed by atoms with Gasteiger partial charge in [-0.05, 0) is 12.8 Å². The summed E-state index contributed by atoms with van der Waals surface area (Å²) < 4.78 is 22.2. The fraction of sp³-hybridized carbons (Fsp3) is 0.562. The van der Waals surface area contributed by atoms with E-state index < -0.39 is 72.7 Å². The molecule has 11 N–H and O–H groups in total. The third-order valence-electron chi connectivity index (χ3n) is 10.9. The number of aliphatic hydroxyl groups is 3. The van der Waals surface area contributed by atoms with E-state index in [0.29, 0.717) is 18.5 Å². The summed E-state index contributed by atoms with van der Waals surface area (Å²) in [5, 5.41) is 48.0. The van der Waals surface area contributed by atoms with Gasteiger partial charge in [0, 0.05) is 30.0 Å². The second-order valence-electron chi connectivity index (χ2n) is 14.6. The average Bonchev–Trinajstić information content (AvgIpc) is 4.05. The molecular weight excluding hydrogens is 787 g/mol. The normalized spacial score (nSPS) is 30.6. The number of nitrogens with one attached hydrogen (secondary N) is 4. The maximum atomic E-state index is 13.3. The largest absolute Gasteiger partial charge is 0.457 e. The zero-order valence-electron chi connectivity index (χ0n) is 30.3. The van der Waals surface area contributed by atoms with E-state index in [0.717, 1.165) is 12.2 Å². The molecule has 4 saturated heterocycles. The Labute approximate surface area is 328 Å². The van der Waals surface area contributed by atoms with Gasteiger partial charge in [-0.1, -0.05) is 11.6 Å². The number of esters is 1. The van der Waals surface area contributed by atoms with Crippen LogP contribution in [0.25, 0.3) is 22.3 Å². The monoisotopic (exact) mass is 825 g/mol. The number of amides is 2. The van der Waals surface area contributed by atoms with Crippen LogP contribution in [0.5, 0.6) is 0 Å². The van der Waals surface area contributed by atoms with Gasteiger partial charge in [0.25, 0.3) is 11.1 Å². The van der Waals surface area contributed by atoms with Crippen molar-refractivity contribution in [2.75, 3.05) is 23.8 Å². The summed E-state index contributed by atoms with van der Waals surface area (Å²) in [6.07, 6.45) is -2.36. The third kappa shape index (κ3) is 6.69. The first-order chi connectivity index (χ1) is 28.0. The van der Waals surface area contributed by atoms with E-state index in [1.165, 1.54) is 32.7 Å². The number of thioether (sulfide) groups is 1. The highest BCUT2D eigenvalue weighted by molar-refractivity contribution is 8.00. The maximum absolute atomic E-state index is 13.3. The molecule has 2 amide bonds. The molecule has 0 unspecified atom stereocenters. The van der Waals surface area contributed by atoms with Gasteiger partial charge in [0.1, 0.15) is 30.5 Å².